The van der Waals surface area contributed by atoms with E-state index in [1.165, 1.54) is 4.70 Å². The number of carbonyl (C=O) groups excluding carboxylic acids is 1. The number of nitrogens with two attached hydrogens (primary N) is 1. The minimum atomic E-state index is 0. The van der Waals surface area contributed by atoms with Gasteiger partial charge in [0.2, 0.25) is 5.91 Å². The summed E-state index contributed by atoms with van der Waals surface area (Å²) in [5.41, 5.74) is 7.09. The van der Waals surface area contributed by atoms with E-state index in [1.54, 1.807) is 11.3 Å². The molecule has 0 aliphatic heterocycles. The van der Waals surface area contributed by atoms with Gasteiger partial charge in [-0.05, 0) is 37.8 Å². The summed E-state index contributed by atoms with van der Waals surface area (Å²) >= 11 is 1.66. The van der Waals surface area contributed by atoms with E-state index in [-0.39, 0.29) is 42.8 Å². The number of nitrogens with zero attached hydrogens (tertiary/aromatic N) is 2. The maximum atomic E-state index is 12.5. The van der Waals surface area contributed by atoms with Gasteiger partial charge in [0.1, 0.15) is 5.01 Å². The van der Waals surface area contributed by atoms with Gasteiger partial charge in [0.15, 0.2) is 0 Å². The van der Waals surface area contributed by atoms with Crippen molar-refractivity contribution in [3.05, 3.63) is 29.3 Å². The first-order chi connectivity index (χ1) is 10.6. The molecular formula is C17H25Cl2N3OS. The zero-order valence-corrected chi connectivity index (χ0v) is 16.4. The SMILES string of the molecule is CC(c1nc2ccccc2s1)N(C)C(=O)C[C@@H]1CCC[C@H]1N.Cl.Cl. The first-order valence-electron chi connectivity index (χ1n) is 7.93. The molecule has 1 heterocycles. The predicted octanol–water partition coefficient (Wildman–Crippen LogP) is 4.18. The molecule has 0 radical (unpaired) electrons. The standard InChI is InChI=1S/C17H23N3OS.2ClH/c1-11(17-19-14-8-3-4-9-15(14)22-17)20(2)16(21)10-12-6-5-7-13(12)18;;/h3-4,8-9,11-13H,5-7,10,18H2,1-2H3;2*1H/t11?,12-,13+;;/m0../s1. The second kappa shape index (κ2) is 8.99. The normalized spacial score (nSPS) is 21.0. The van der Waals surface area contributed by atoms with Gasteiger partial charge in [0, 0.05) is 19.5 Å². The number of thiazole rings is 1. The molecule has 1 amide bonds. The number of rotatable bonds is 4. The second-order valence-electron chi connectivity index (χ2n) is 6.26. The molecule has 0 bridgehead atoms. The van der Waals surface area contributed by atoms with E-state index in [4.69, 9.17) is 5.73 Å². The summed E-state index contributed by atoms with van der Waals surface area (Å²) in [7, 11) is 1.87. The zero-order valence-electron chi connectivity index (χ0n) is 14.0. The van der Waals surface area contributed by atoms with Gasteiger partial charge in [0.25, 0.3) is 0 Å². The first-order valence-corrected chi connectivity index (χ1v) is 8.74. The molecule has 7 heteroatoms. The third-order valence-corrected chi connectivity index (χ3v) is 6.00. The lowest BCUT2D eigenvalue weighted by Crippen LogP contribution is -2.34. The molecule has 1 aliphatic carbocycles. The minimum absolute atomic E-state index is 0. The van der Waals surface area contributed by atoms with Gasteiger partial charge in [-0.3, -0.25) is 4.79 Å². The zero-order chi connectivity index (χ0) is 15.7. The van der Waals surface area contributed by atoms with E-state index in [0.29, 0.717) is 12.3 Å². The van der Waals surface area contributed by atoms with Crippen molar-refractivity contribution in [2.24, 2.45) is 11.7 Å². The molecule has 2 N–H and O–H groups in total. The fourth-order valence-electron chi connectivity index (χ4n) is 3.14. The van der Waals surface area contributed by atoms with E-state index in [0.717, 1.165) is 29.8 Å². The number of carbonyl (C=O) groups is 1. The third-order valence-electron chi connectivity index (χ3n) is 4.80. The van der Waals surface area contributed by atoms with Crippen molar-refractivity contribution in [1.29, 1.82) is 0 Å². The summed E-state index contributed by atoms with van der Waals surface area (Å²) in [4.78, 5) is 19.0. The molecule has 134 valence electrons. The minimum Gasteiger partial charge on any atom is -0.337 e. The molecule has 0 saturated heterocycles. The Morgan fingerprint density at radius 2 is 2.08 bits per heavy atom. The highest BCUT2D eigenvalue weighted by molar-refractivity contribution is 7.18. The molecule has 1 aromatic heterocycles. The summed E-state index contributed by atoms with van der Waals surface area (Å²) in [6.45, 7) is 2.05. The molecule has 2 aromatic rings. The Kier molecular flexibility index (Phi) is 7.93. The van der Waals surface area contributed by atoms with Crippen LogP contribution >= 0.6 is 36.2 Å². The number of hydrogen-bond acceptors (Lipinski definition) is 4. The van der Waals surface area contributed by atoms with Gasteiger partial charge in [0.05, 0.1) is 16.3 Å². The Morgan fingerprint density at radius 1 is 1.38 bits per heavy atom. The van der Waals surface area contributed by atoms with E-state index in [2.05, 4.69) is 11.1 Å². The fourth-order valence-corrected chi connectivity index (χ4v) is 4.20. The summed E-state index contributed by atoms with van der Waals surface area (Å²) < 4.78 is 1.17. The summed E-state index contributed by atoms with van der Waals surface area (Å²) in [5, 5.41) is 0.993. The van der Waals surface area contributed by atoms with Crippen LogP contribution in [-0.2, 0) is 4.79 Å². The quantitative estimate of drug-likeness (QED) is 0.852. The highest BCUT2D eigenvalue weighted by Crippen LogP contribution is 2.31. The van der Waals surface area contributed by atoms with Crippen LogP contribution in [0.2, 0.25) is 0 Å². The Labute approximate surface area is 159 Å². The van der Waals surface area contributed by atoms with E-state index >= 15 is 0 Å². The number of aromatic nitrogens is 1. The number of fused-ring (bicyclic) bond motifs is 1. The summed E-state index contributed by atoms with van der Waals surface area (Å²) in [6, 6.07) is 8.29. The molecule has 4 nitrogen and oxygen atoms in total. The molecular weight excluding hydrogens is 365 g/mol. The van der Waals surface area contributed by atoms with E-state index in [9.17, 15) is 4.79 Å². The number of halogens is 2. The van der Waals surface area contributed by atoms with Crippen molar-refractivity contribution in [3.8, 4) is 0 Å². The van der Waals surface area contributed by atoms with Crippen LogP contribution in [0.3, 0.4) is 0 Å². The van der Waals surface area contributed by atoms with Gasteiger partial charge in [-0.25, -0.2) is 4.98 Å². The second-order valence-corrected chi connectivity index (χ2v) is 7.32. The lowest BCUT2D eigenvalue weighted by atomic mass is 9.99. The van der Waals surface area contributed by atoms with Crippen molar-refractivity contribution in [2.45, 2.75) is 44.7 Å². The van der Waals surface area contributed by atoms with Crippen molar-refractivity contribution in [2.75, 3.05) is 7.05 Å². The van der Waals surface area contributed by atoms with Crippen LogP contribution in [0.5, 0.6) is 0 Å². The Balaban J connectivity index is 0.00000144. The fraction of sp³-hybridized carbons (Fsp3) is 0.529. The largest absolute Gasteiger partial charge is 0.337 e. The van der Waals surface area contributed by atoms with Crippen molar-refractivity contribution >= 4 is 52.3 Å². The predicted molar refractivity (Wildman–Crippen MR) is 105 cm³/mol. The Bertz CT molecular complexity index is 646. The van der Waals surface area contributed by atoms with E-state index < -0.39 is 0 Å². The lowest BCUT2D eigenvalue weighted by molar-refractivity contribution is -0.132. The average molecular weight is 390 g/mol. The Hall–Kier alpha value is -0.880. The third kappa shape index (κ3) is 4.39. The van der Waals surface area contributed by atoms with Crippen LogP contribution in [0.15, 0.2) is 24.3 Å². The molecule has 1 saturated carbocycles. The first kappa shape index (κ1) is 21.2. The van der Waals surface area contributed by atoms with Crippen molar-refractivity contribution < 1.29 is 4.79 Å². The van der Waals surface area contributed by atoms with Crippen LogP contribution in [0.1, 0.15) is 43.7 Å². The molecule has 1 aliphatic rings. The lowest BCUT2D eigenvalue weighted by Gasteiger charge is -2.25. The highest BCUT2D eigenvalue weighted by atomic mass is 35.5. The van der Waals surface area contributed by atoms with Crippen molar-refractivity contribution in [3.63, 3.8) is 0 Å². The molecule has 24 heavy (non-hydrogen) atoms. The van der Waals surface area contributed by atoms with Gasteiger partial charge in [-0.2, -0.15) is 0 Å². The Morgan fingerprint density at radius 3 is 2.71 bits per heavy atom. The van der Waals surface area contributed by atoms with Gasteiger partial charge in [-0.1, -0.05) is 18.6 Å². The molecule has 1 aromatic carbocycles. The summed E-state index contributed by atoms with van der Waals surface area (Å²) in [6.07, 6.45) is 3.84. The highest BCUT2D eigenvalue weighted by Gasteiger charge is 2.29. The summed E-state index contributed by atoms with van der Waals surface area (Å²) in [5.74, 6) is 0.520. The molecule has 1 unspecified atom stereocenters. The van der Waals surface area contributed by atoms with Crippen LogP contribution in [-0.4, -0.2) is 28.9 Å². The average Bonchev–Trinajstić information content (AvgIpc) is 3.12. The van der Waals surface area contributed by atoms with Gasteiger partial charge < -0.3 is 10.6 Å². The van der Waals surface area contributed by atoms with E-state index in [1.807, 2.05) is 37.1 Å². The maximum Gasteiger partial charge on any atom is 0.223 e. The number of amides is 1. The number of para-hydroxylation sites is 1. The molecule has 3 rings (SSSR count). The molecule has 1 fully saturated rings. The van der Waals surface area contributed by atoms with Crippen LogP contribution in [0.25, 0.3) is 10.2 Å². The van der Waals surface area contributed by atoms with Crippen molar-refractivity contribution in [1.82, 2.24) is 9.88 Å². The topological polar surface area (TPSA) is 59.2 Å². The van der Waals surface area contributed by atoms with Gasteiger partial charge >= 0.3 is 0 Å². The van der Waals surface area contributed by atoms with Crippen LogP contribution in [0.4, 0.5) is 0 Å². The van der Waals surface area contributed by atoms with Crippen LogP contribution < -0.4 is 5.73 Å². The van der Waals surface area contributed by atoms with Gasteiger partial charge in [-0.15, -0.1) is 36.2 Å². The molecule has 0 spiro atoms. The monoisotopic (exact) mass is 389 g/mol. The molecule has 3 atom stereocenters. The maximum absolute atomic E-state index is 12.5. The number of hydrogen-bond donors (Lipinski definition) is 1. The van der Waals surface area contributed by atoms with Crippen LogP contribution in [0, 0.1) is 5.92 Å². The number of benzene rings is 1. The smallest absolute Gasteiger partial charge is 0.223 e.